The van der Waals surface area contributed by atoms with Crippen LogP contribution in [0.5, 0.6) is 5.75 Å². The molecule has 1 saturated heterocycles. The van der Waals surface area contributed by atoms with Crippen molar-refractivity contribution in [2.75, 3.05) is 17.9 Å². The Morgan fingerprint density at radius 3 is 2.58 bits per heavy atom. The Bertz CT molecular complexity index is 850. The summed E-state index contributed by atoms with van der Waals surface area (Å²) in [5.74, 6) is 0.321. The minimum atomic E-state index is -3.94. The monoisotopic (exact) mass is 350 g/mol. The third-order valence-corrected chi connectivity index (χ3v) is 4.68. The number of benzene rings is 2. The van der Waals surface area contributed by atoms with Crippen LogP contribution in [0.4, 0.5) is 11.4 Å². The molecular formula is C15H14N2O6S. The lowest BCUT2D eigenvalue weighted by atomic mass is 10.2. The van der Waals surface area contributed by atoms with Gasteiger partial charge in [0.2, 0.25) is 0 Å². The molecule has 1 unspecified atom stereocenters. The molecule has 2 aromatic carbocycles. The number of nitro benzene ring substituents is 1. The molecule has 1 aliphatic heterocycles. The fraction of sp³-hybridized carbons (Fsp3) is 0.200. The van der Waals surface area contributed by atoms with Crippen molar-refractivity contribution in [1.29, 1.82) is 0 Å². The normalized spacial score (nSPS) is 16.4. The molecule has 1 fully saturated rings. The van der Waals surface area contributed by atoms with Crippen LogP contribution in [0.15, 0.2) is 53.4 Å². The Balaban J connectivity index is 1.88. The van der Waals surface area contributed by atoms with Crippen molar-refractivity contribution >= 4 is 21.4 Å². The molecule has 0 aliphatic carbocycles. The number of epoxide rings is 1. The number of nitro groups is 1. The van der Waals surface area contributed by atoms with Gasteiger partial charge in [-0.1, -0.05) is 18.2 Å². The molecule has 0 spiro atoms. The molecule has 0 aromatic heterocycles. The smallest absolute Gasteiger partial charge is 0.293 e. The highest BCUT2D eigenvalue weighted by molar-refractivity contribution is 7.92. The second-order valence-corrected chi connectivity index (χ2v) is 6.80. The molecule has 126 valence electrons. The molecule has 0 amide bonds. The minimum absolute atomic E-state index is 0.0111. The van der Waals surface area contributed by atoms with E-state index < -0.39 is 14.9 Å². The number of nitrogens with one attached hydrogen (secondary N) is 1. The average molecular weight is 350 g/mol. The van der Waals surface area contributed by atoms with Crippen molar-refractivity contribution < 1.29 is 22.8 Å². The lowest BCUT2D eigenvalue weighted by Crippen LogP contribution is -2.14. The first kappa shape index (κ1) is 16.2. The van der Waals surface area contributed by atoms with Gasteiger partial charge in [0.05, 0.1) is 16.4 Å². The number of sulfonamides is 1. The summed E-state index contributed by atoms with van der Waals surface area (Å²) in [7, 11) is -3.94. The first-order valence-corrected chi connectivity index (χ1v) is 8.55. The van der Waals surface area contributed by atoms with Crippen LogP contribution in [0, 0.1) is 10.1 Å². The zero-order valence-corrected chi connectivity index (χ0v) is 13.2. The molecule has 1 atom stereocenters. The zero-order valence-electron chi connectivity index (χ0n) is 12.4. The Kier molecular flexibility index (Phi) is 4.36. The van der Waals surface area contributed by atoms with Crippen LogP contribution < -0.4 is 9.46 Å². The van der Waals surface area contributed by atoms with Crippen LogP contribution in [0.1, 0.15) is 0 Å². The number of ether oxygens (including phenoxy) is 2. The van der Waals surface area contributed by atoms with Gasteiger partial charge >= 0.3 is 0 Å². The number of hydrogen-bond donors (Lipinski definition) is 1. The maximum absolute atomic E-state index is 12.4. The summed E-state index contributed by atoms with van der Waals surface area (Å²) in [6, 6.07) is 11.5. The lowest BCUT2D eigenvalue weighted by molar-refractivity contribution is -0.383. The van der Waals surface area contributed by atoms with E-state index >= 15 is 0 Å². The molecule has 0 radical (unpaired) electrons. The fourth-order valence-electron chi connectivity index (χ4n) is 2.00. The highest BCUT2D eigenvalue weighted by Gasteiger charge is 2.25. The molecule has 1 aliphatic rings. The van der Waals surface area contributed by atoms with Crippen LogP contribution in [0.3, 0.4) is 0 Å². The summed E-state index contributed by atoms with van der Waals surface area (Å²) in [6.45, 7) is 0.920. The van der Waals surface area contributed by atoms with Gasteiger partial charge in [-0.2, -0.15) is 0 Å². The van der Waals surface area contributed by atoms with Crippen LogP contribution in [-0.2, 0) is 14.8 Å². The Hall–Kier alpha value is -2.65. The molecule has 8 nitrogen and oxygen atoms in total. The maximum Gasteiger partial charge on any atom is 0.293 e. The van der Waals surface area contributed by atoms with Gasteiger partial charge in [-0.25, -0.2) is 8.42 Å². The molecule has 1 N–H and O–H groups in total. The summed E-state index contributed by atoms with van der Waals surface area (Å²) in [5.41, 5.74) is -0.511. The standard InChI is InChI=1S/C15H14N2O6S/c18-17(19)15-7-6-11(22-9-12-10-23-12)8-14(15)16-24(20,21)13-4-2-1-3-5-13/h1-8,12,16H,9-10H2. The van der Waals surface area contributed by atoms with Crippen molar-refractivity contribution in [2.45, 2.75) is 11.0 Å². The number of rotatable bonds is 7. The maximum atomic E-state index is 12.4. The van der Waals surface area contributed by atoms with Crippen LogP contribution in [0.2, 0.25) is 0 Å². The highest BCUT2D eigenvalue weighted by atomic mass is 32.2. The van der Waals surface area contributed by atoms with Gasteiger partial charge < -0.3 is 9.47 Å². The second-order valence-electron chi connectivity index (χ2n) is 5.12. The van der Waals surface area contributed by atoms with E-state index in [2.05, 4.69) is 4.72 Å². The second kappa shape index (κ2) is 6.46. The predicted molar refractivity (Wildman–Crippen MR) is 85.6 cm³/mol. The Morgan fingerprint density at radius 1 is 1.25 bits per heavy atom. The topological polar surface area (TPSA) is 111 Å². The van der Waals surface area contributed by atoms with Crippen molar-refractivity contribution in [3.63, 3.8) is 0 Å². The van der Waals surface area contributed by atoms with Gasteiger partial charge in [-0.05, 0) is 18.2 Å². The Labute approximate surface area is 138 Å². The first-order chi connectivity index (χ1) is 11.5. The number of anilines is 1. The SMILES string of the molecule is O=[N+]([O-])c1ccc(OCC2CO2)cc1NS(=O)(=O)c1ccccc1. The van der Waals surface area contributed by atoms with E-state index in [1.54, 1.807) is 18.2 Å². The largest absolute Gasteiger partial charge is 0.491 e. The molecule has 24 heavy (non-hydrogen) atoms. The van der Waals surface area contributed by atoms with Crippen molar-refractivity contribution in [1.82, 2.24) is 0 Å². The van der Waals surface area contributed by atoms with E-state index in [0.29, 0.717) is 19.0 Å². The molecule has 3 rings (SSSR count). The third kappa shape index (κ3) is 3.81. The summed E-state index contributed by atoms with van der Waals surface area (Å²) in [4.78, 5) is 10.5. The number of nitrogens with zero attached hydrogens (tertiary/aromatic N) is 1. The average Bonchev–Trinajstić information content (AvgIpc) is 3.37. The van der Waals surface area contributed by atoms with Gasteiger partial charge in [0.25, 0.3) is 15.7 Å². The zero-order chi connectivity index (χ0) is 17.2. The van der Waals surface area contributed by atoms with Crippen molar-refractivity contribution in [2.24, 2.45) is 0 Å². The van der Waals surface area contributed by atoms with Crippen LogP contribution in [-0.4, -0.2) is 32.7 Å². The van der Waals surface area contributed by atoms with E-state index in [1.807, 2.05) is 0 Å². The van der Waals surface area contributed by atoms with E-state index in [1.165, 1.54) is 30.3 Å². The quantitative estimate of drug-likeness (QED) is 0.465. The summed E-state index contributed by atoms with van der Waals surface area (Å²) < 4.78 is 37.4. The molecule has 2 aromatic rings. The molecular weight excluding hydrogens is 336 g/mol. The molecule has 0 bridgehead atoms. The van der Waals surface area contributed by atoms with E-state index in [0.717, 1.165) is 0 Å². The van der Waals surface area contributed by atoms with Gasteiger partial charge in [-0.15, -0.1) is 0 Å². The number of hydrogen-bond acceptors (Lipinski definition) is 6. The van der Waals surface area contributed by atoms with Crippen LogP contribution >= 0.6 is 0 Å². The van der Waals surface area contributed by atoms with E-state index in [9.17, 15) is 18.5 Å². The Morgan fingerprint density at radius 2 is 1.96 bits per heavy atom. The van der Waals surface area contributed by atoms with Crippen molar-refractivity contribution in [3.05, 3.63) is 58.6 Å². The fourth-order valence-corrected chi connectivity index (χ4v) is 3.09. The first-order valence-electron chi connectivity index (χ1n) is 7.06. The molecule has 9 heteroatoms. The van der Waals surface area contributed by atoms with Gasteiger partial charge in [0.1, 0.15) is 24.1 Å². The lowest BCUT2D eigenvalue weighted by Gasteiger charge is -2.10. The predicted octanol–water partition coefficient (Wildman–Crippen LogP) is 2.17. The molecule has 1 heterocycles. The highest BCUT2D eigenvalue weighted by Crippen LogP contribution is 2.31. The summed E-state index contributed by atoms with van der Waals surface area (Å²) in [5, 5.41) is 11.1. The van der Waals surface area contributed by atoms with Gasteiger partial charge in [-0.3, -0.25) is 14.8 Å². The molecule has 0 saturated carbocycles. The summed E-state index contributed by atoms with van der Waals surface area (Å²) in [6.07, 6.45) is 0.0182. The third-order valence-electron chi connectivity index (χ3n) is 3.30. The minimum Gasteiger partial charge on any atom is -0.491 e. The van der Waals surface area contributed by atoms with E-state index in [4.69, 9.17) is 9.47 Å². The summed E-state index contributed by atoms with van der Waals surface area (Å²) >= 11 is 0. The van der Waals surface area contributed by atoms with Crippen LogP contribution in [0.25, 0.3) is 0 Å². The van der Waals surface area contributed by atoms with Gasteiger partial charge in [0, 0.05) is 12.1 Å². The van der Waals surface area contributed by atoms with Crippen molar-refractivity contribution in [3.8, 4) is 5.75 Å². The van der Waals surface area contributed by atoms with E-state index in [-0.39, 0.29) is 22.4 Å². The van der Waals surface area contributed by atoms with Gasteiger partial charge in [0.15, 0.2) is 0 Å².